The zero-order chi connectivity index (χ0) is 12.9. The number of rotatable bonds is 5. The van der Waals surface area contributed by atoms with Gasteiger partial charge in [0, 0.05) is 12.6 Å². The van der Waals surface area contributed by atoms with Crippen LogP contribution in [-0.4, -0.2) is 22.1 Å². The third kappa shape index (κ3) is 4.27. The van der Waals surface area contributed by atoms with E-state index in [1.807, 2.05) is 26.8 Å². The first kappa shape index (κ1) is 13.2. The summed E-state index contributed by atoms with van der Waals surface area (Å²) in [6.07, 6.45) is 1.04. The van der Waals surface area contributed by atoms with Gasteiger partial charge in [0.05, 0.1) is 6.07 Å². The Bertz CT molecular complexity index is 419. The molecule has 0 radical (unpaired) electrons. The number of anilines is 2. The molecule has 1 aromatic heterocycles. The van der Waals surface area contributed by atoms with Crippen LogP contribution in [0.25, 0.3) is 0 Å². The summed E-state index contributed by atoms with van der Waals surface area (Å²) in [6.45, 7) is 8.42. The monoisotopic (exact) mass is 233 g/mol. The van der Waals surface area contributed by atoms with Crippen molar-refractivity contribution in [3.63, 3.8) is 0 Å². The Hall–Kier alpha value is -1.83. The van der Waals surface area contributed by atoms with E-state index in [2.05, 4.69) is 33.6 Å². The van der Waals surface area contributed by atoms with Crippen LogP contribution in [0.5, 0.6) is 0 Å². The fourth-order valence-electron chi connectivity index (χ4n) is 1.32. The Morgan fingerprint density at radius 1 is 1.35 bits per heavy atom. The second-order valence-corrected chi connectivity index (χ2v) is 4.47. The van der Waals surface area contributed by atoms with Gasteiger partial charge in [-0.25, -0.2) is 9.97 Å². The van der Waals surface area contributed by atoms with E-state index in [-0.39, 0.29) is 0 Å². The lowest BCUT2D eigenvalue weighted by atomic mass is 10.1. The maximum absolute atomic E-state index is 8.96. The maximum Gasteiger partial charge on any atom is 0.133 e. The predicted molar refractivity (Wildman–Crippen MR) is 68.9 cm³/mol. The average Bonchev–Trinajstić information content (AvgIpc) is 2.25. The largest absolute Gasteiger partial charge is 0.370 e. The summed E-state index contributed by atoms with van der Waals surface area (Å²) >= 11 is 0. The Morgan fingerprint density at radius 3 is 2.59 bits per heavy atom. The van der Waals surface area contributed by atoms with Crippen LogP contribution in [0.2, 0.25) is 0 Å². The Kier molecular flexibility index (Phi) is 4.27. The zero-order valence-electron chi connectivity index (χ0n) is 10.8. The van der Waals surface area contributed by atoms with Crippen LogP contribution in [0.15, 0.2) is 6.07 Å². The summed E-state index contributed by atoms with van der Waals surface area (Å²) in [5.41, 5.74) is -0.636. The number of nitrogens with zero attached hydrogens (tertiary/aromatic N) is 3. The highest BCUT2D eigenvalue weighted by molar-refractivity contribution is 5.49. The van der Waals surface area contributed by atoms with Gasteiger partial charge < -0.3 is 10.6 Å². The number of hydrogen-bond acceptors (Lipinski definition) is 5. The Morgan fingerprint density at radius 2 is 2.00 bits per heavy atom. The van der Waals surface area contributed by atoms with E-state index in [0.717, 1.165) is 18.8 Å². The molecule has 17 heavy (non-hydrogen) atoms. The lowest BCUT2D eigenvalue weighted by molar-refractivity contribution is 0.721. The molecule has 1 rings (SSSR count). The molecule has 0 fully saturated rings. The Labute approximate surface area is 102 Å². The second kappa shape index (κ2) is 5.48. The van der Waals surface area contributed by atoms with E-state index in [1.165, 1.54) is 0 Å². The van der Waals surface area contributed by atoms with Gasteiger partial charge in [-0.1, -0.05) is 6.92 Å². The number of nitriles is 1. The van der Waals surface area contributed by atoms with Gasteiger partial charge in [-0.2, -0.15) is 5.26 Å². The third-order valence-corrected chi connectivity index (χ3v) is 2.11. The van der Waals surface area contributed by atoms with Gasteiger partial charge in [-0.15, -0.1) is 0 Å². The second-order valence-electron chi connectivity index (χ2n) is 4.47. The molecule has 0 aliphatic carbocycles. The Balaban J connectivity index is 2.86. The van der Waals surface area contributed by atoms with Crippen molar-refractivity contribution in [3.8, 4) is 6.07 Å². The molecule has 0 unspecified atom stereocenters. The summed E-state index contributed by atoms with van der Waals surface area (Å²) in [7, 11) is 0. The molecule has 0 bridgehead atoms. The third-order valence-electron chi connectivity index (χ3n) is 2.11. The molecule has 0 aromatic carbocycles. The zero-order valence-corrected chi connectivity index (χ0v) is 10.8. The summed E-state index contributed by atoms with van der Waals surface area (Å²) in [5, 5.41) is 15.2. The number of nitrogens with one attached hydrogen (secondary N) is 2. The van der Waals surface area contributed by atoms with Crippen molar-refractivity contribution in [3.05, 3.63) is 11.9 Å². The highest BCUT2D eigenvalue weighted by Gasteiger charge is 2.17. The molecule has 1 heterocycles. The number of hydrogen-bond donors (Lipinski definition) is 2. The van der Waals surface area contributed by atoms with Gasteiger partial charge in [0.15, 0.2) is 0 Å². The van der Waals surface area contributed by atoms with Gasteiger partial charge in [0.2, 0.25) is 0 Å². The molecule has 0 atom stereocenters. The predicted octanol–water partition coefficient (Wildman–Crippen LogP) is 2.32. The first-order chi connectivity index (χ1) is 7.96. The van der Waals surface area contributed by atoms with Crippen LogP contribution in [0.4, 0.5) is 11.6 Å². The molecule has 0 saturated carbocycles. The van der Waals surface area contributed by atoms with Crippen LogP contribution in [0.1, 0.15) is 33.0 Å². The quantitative estimate of drug-likeness (QED) is 0.816. The highest BCUT2D eigenvalue weighted by atomic mass is 15.1. The smallest absolute Gasteiger partial charge is 0.133 e. The molecule has 5 heteroatoms. The van der Waals surface area contributed by atoms with E-state index in [4.69, 9.17) is 5.26 Å². The fourth-order valence-corrected chi connectivity index (χ4v) is 1.32. The molecule has 0 saturated heterocycles. The normalized spacial score (nSPS) is 10.8. The van der Waals surface area contributed by atoms with E-state index in [9.17, 15) is 0 Å². The van der Waals surface area contributed by atoms with Crippen molar-refractivity contribution in [1.29, 1.82) is 5.26 Å². The standard InChI is InChI=1S/C12H19N5/c1-5-6-14-10-7-11(16-9(2)15-10)17-12(3,4)8-13/h7H,5-6H2,1-4H3,(H2,14,15,16,17). The lowest BCUT2D eigenvalue weighted by Crippen LogP contribution is -2.29. The molecule has 2 N–H and O–H groups in total. The summed E-state index contributed by atoms with van der Waals surface area (Å²) < 4.78 is 0. The van der Waals surface area contributed by atoms with Crippen molar-refractivity contribution >= 4 is 11.6 Å². The molecule has 0 aliphatic rings. The van der Waals surface area contributed by atoms with Gasteiger partial charge in [-0.3, -0.25) is 0 Å². The summed E-state index contributed by atoms with van der Waals surface area (Å²) in [6, 6.07) is 4.00. The number of aromatic nitrogens is 2. The van der Waals surface area contributed by atoms with Crippen LogP contribution in [0.3, 0.4) is 0 Å². The van der Waals surface area contributed by atoms with Crippen LogP contribution >= 0.6 is 0 Å². The molecule has 1 aromatic rings. The van der Waals surface area contributed by atoms with Gasteiger partial charge in [0.25, 0.3) is 0 Å². The molecule has 0 aliphatic heterocycles. The molecular formula is C12H19N5. The van der Waals surface area contributed by atoms with Crippen molar-refractivity contribution in [2.24, 2.45) is 0 Å². The minimum Gasteiger partial charge on any atom is -0.370 e. The number of aryl methyl sites for hydroxylation is 1. The first-order valence-electron chi connectivity index (χ1n) is 5.76. The van der Waals surface area contributed by atoms with Crippen molar-refractivity contribution in [2.75, 3.05) is 17.2 Å². The van der Waals surface area contributed by atoms with E-state index < -0.39 is 5.54 Å². The SMILES string of the molecule is CCCNc1cc(NC(C)(C)C#N)nc(C)n1. The summed E-state index contributed by atoms with van der Waals surface area (Å²) in [5.74, 6) is 2.14. The van der Waals surface area contributed by atoms with Gasteiger partial charge in [0.1, 0.15) is 23.0 Å². The van der Waals surface area contributed by atoms with Gasteiger partial charge >= 0.3 is 0 Å². The topological polar surface area (TPSA) is 73.6 Å². The maximum atomic E-state index is 8.96. The van der Waals surface area contributed by atoms with Crippen molar-refractivity contribution < 1.29 is 0 Å². The van der Waals surface area contributed by atoms with Crippen molar-refractivity contribution in [1.82, 2.24) is 9.97 Å². The molecule has 5 nitrogen and oxygen atoms in total. The highest BCUT2D eigenvalue weighted by Crippen LogP contribution is 2.15. The molecule has 92 valence electrons. The van der Waals surface area contributed by atoms with Crippen LogP contribution in [0, 0.1) is 18.3 Å². The van der Waals surface area contributed by atoms with E-state index in [0.29, 0.717) is 11.6 Å². The van der Waals surface area contributed by atoms with Crippen LogP contribution < -0.4 is 10.6 Å². The lowest BCUT2D eigenvalue weighted by Gasteiger charge is -2.19. The van der Waals surface area contributed by atoms with Crippen molar-refractivity contribution in [2.45, 2.75) is 39.7 Å². The molecule has 0 spiro atoms. The summed E-state index contributed by atoms with van der Waals surface area (Å²) in [4.78, 5) is 8.54. The van der Waals surface area contributed by atoms with E-state index >= 15 is 0 Å². The minimum atomic E-state index is -0.636. The molecular weight excluding hydrogens is 214 g/mol. The first-order valence-corrected chi connectivity index (χ1v) is 5.76. The van der Waals surface area contributed by atoms with Gasteiger partial charge in [-0.05, 0) is 27.2 Å². The van der Waals surface area contributed by atoms with Crippen LogP contribution in [-0.2, 0) is 0 Å². The average molecular weight is 233 g/mol. The van der Waals surface area contributed by atoms with E-state index in [1.54, 1.807) is 0 Å². The fraction of sp³-hybridized carbons (Fsp3) is 0.583. The molecule has 0 amide bonds. The minimum absolute atomic E-state index is 0.636.